The van der Waals surface area contributed by atoms with E-state index in [1.165, 1.54) is 0 Å². The Balaban J connectivity index is 1.44. The molecule has 6 heteroatoms. The molecule has 1 aliphatic rings. The van der Waals surface area contributed by atoms with Gasteiger partial charge in [-0.1, -0.05) is 19.1 Å². The molecule has 0 N–H and O–H groups in total. The summed E-state index contributed by atoms with van der Waals surface area (Å²) in [4.78, 5) is 28.1. The summed E-state index contributed by atoms with van der Waals surface area (Å²) in [6.45, 7) is 4.75. The molecule has 26 heavy (non-hydrogen) atoms. The van der Waals surface area contributed by atoms with Gasteiger partial charge in [0.25, 0.3) is 5.56 Å². The lowest BCUT2D eigenvalue weighted by atomic mass is 9.96. The van der Waals surface area contributed by atoms with Crippen molar-refractivity contribution in [2.45, 2.75) is 32.7 Å². The van der Waals surface area contributed by atoms with Crippen molar-refractivity contribution in [3.8, 4) is 0 Å². The molecule has 1 aliphatic heterocycles. The summed E-state index contributed by atoms with van der Waals surface area (Å²) >= 11 is 0. The maximum atomic E-state index is 12.7. The maximum absolute atomic E-state index is 12.7. The molecule has 0 unspecified atom stereocenters. The monoisotopic (exact) mass is 349 g/mol. The molecule has 0 amide bonds. The molecule has 0 spiro atoms. The zero-order valence-corrected chi connectivity index (χ0v) is 15.0. The molecule has 6 nitrogen and oxygen atoms in total. The van der Waals surface area contributed by atoms with E-state index in [0.29, 0.717) is 11.3 Å². The number of aromatic nitrogens is 4. The SMILES string of the molecule is CCc1cc(N2CCC(Cn3cnc4ccccc4c3=O)CC2)ncn1. The summed E-state index contributed by atoms with van der Waals surface area (Å²) in [5.74, 6) is 1.50. The first-order valence-corrected chi connectivity index (χ1v) is 9.24. The second-order valence-electron chi connectivity index (χ2n) is 6.87. The van der Waals surface area contributed by atoms with E-state index in [-0.39, 0.29) is 5.56 Å². The van der Waals surface area contributed by atoms with Crippen molar-refractivity contribution in [2.75, 3.05) is 18.0 Å². The average Bonchev–Trinajstić information content (AvgIpc) is 2.71. The van der Waals surface area contributed by atoms with Crippen LogP contribution in [0.2, 0.25) is 0 Å². The molecule has 1 saturated heterocycles. The Labute approximate surface area is 152 Å². The van der Waals surface area contributed by atoms with E-state index < -0.39 is 0 Å². The fraction of sp³-hybridized carbons (Fsp3) is 0.400. The molecule has 2 aromatic heterocycles. The van der Waals surface area contributed by atoms with Gasteiger partial charge >= 0.3 is 0 Å². The summed E-state index contributed by atoms with van der Waals surface area (Å²) in [5, 5.41) is 0.695. The van der Waals surface area contributed by atoms with Crippen molar-refractivity contribution in [3.05, 3.63) is 59.0 Å². The van der Waals surface area contributed by atoms with Gasteiger partial charge in [0.15, 0.2) is 0 Å². The van der Waals surface area contributed by atoms with Crippen LogP contribution in [0.25, 0.3) is 10.9 Å². The van der Waals surface area contributed by atoms with Gasteiger partial charge in [0.1, 0.15) is 12.1 Å². The average molecular weight is 349 g/mol. The number of hydrogen-bond donors (Lipinski definition) is 0. The number of rotatable bonds is 4. The normalized spacial score (nSPS) is 15.5. The third-order valence-electron chi connectivity index (χ3n) is 5.20. The molecule has 3 aromatic rings. The largest absolute Gasteiger partial charge is 0.356 e. The minimum atomic E-state index is 0.0569. The lowest BCUT2D eigenvalue weighted by molar-refractivity contribution is 0.351. The van der Waals surface area contributed by atoms with Gasteiger partial charge in [0.05, 0.1) is 17.2 Å². The van der Waals surface area contributed by atoms with Crippen LogP contribution >= 0.6 is 0 Å². The molecule has 0 radical (unpaired) electrons. The Bertz CT molecular complexity index is 960. The third-order valence-corrected chi connectivity index (χ3v) is 5.20. The highest BCUT2D eigenvalue weighted by Gasteiger charge is 2.21. The first-order valence-electron chi connectivity index (χ1n) is 9.24. The molecule has 4 rings (SSSR count). The van der Waals surface area contributed by atoms with Crippen molar-refractivity contribution in [3.63, 3.8) is 0 Å². The van der Waals surface area contributed by atoms with E-state index in [4.69, 9.17) is 0 Å². The predicted octanol–water partition coefficient (Wildman–Crippen LogP) is 2.67. The van der Waals surface area contributed by atoms with Gasteiger partial charge in [0.2, 0.25) is 0 Å². The lowest BCUT2D eigenvalue weighted by Gasteiger charge is -2.33. The van der Waals surface area contributed by atoms with Crippen LogP contribution in [-0.2, 0) is 13.0 Å². The van der Waals surface area contributed by atoms with E-state index >= 15 is 0 Å². The number of aryl methyl sites for hydroxylation is 1. The van der Waals surface area contributed by atoms with Crippen LogP contribution < -0.4 is 10.5 Å². The smallest absolute Gasteiger partial charge is 0.261 e. The Morgan fingerprint density at radius 3 is 2.73 bits per heavy atom. The van der Waals surface area contributed by atoms with E-state index in [1.54, 1.807) is 17.2 Å². The molecule has 0 aliphatic carbocycles. The van der Waals surface area contributed by atoms with Crippen molar-refractivity contribution < 1.29 is 0 Å². The Morgan fingerprint density at radius 2 is 1.92 bits per heavy atom. The highest BCUT2D eigenvalue weighted by molar-refractivity contribution is 5.76. The van der Waals surface area contributed by atoms with Crippen LogP contribution in [0.4, 0.5) is 5.82 Å². The molecule has 0 saturated carbocycles. The fourth-order valence-corrected chi connectivity index (χ4v) is 3.61. The molecular formula is C20H23N5O. The summed E-state index contributed by atoms with van der Waals surface area (Å²) in [6.07, 6.45) is 6.36. The fourth-order valence-electron chi connectivity index (χ4n) is 3.61. The highest BCUT2D eigenvalue weighted by Crippen LogP contribution is 2.23. The summed E-state index contributed by atoms with van der Waals surface area (Å²) in [7, 11) is 0. The number of hydrogen-bond acceptors (Lipinski definition) is 5. The van der Waals surface area contributed by atoms with Crippen molar-refractivity contribution in [2.24, 2.45) is 5.92 Å². The quantitative estimate of drug-likeness (QED) is 0.724. The predicted molar refractivity (Wildman–Crippen MR) is 102 cm³/mol. The molecular weight excluding hydrogens is 326 g/mol. The van der Waals surface area contributed by atoms with Gasteiger partial charge in [-0.15, -0.1) is 0 Å². The number of benzene rings is 1. The van der Waals surface area contributed by atoms with Gasteiger partial charge in [-0.3, -0.25) is 9.36 Å². The standard InChI is InChI=1S/C20H23N5O/c1-2-16-11-19(22-13-21-16)24-9-7-15(8-10-24)12-25-14-23-18-6-4-3-5-17(18)20(25)26/h3-6,11,13-15H,2,7-10,12H2,1H3. The summed E-state index contributed by atoms with van der Waals surface area (Å²) < 4.78 is 1.77. The van der Waals surface area contributed by atoms with Crippen LogP contribution in [0.15, 0.2) is 47.8 Å². The molecule has 1 fully saturated rings. The number of piperidine rings is 1. The summed E-state index contributed by atoms with van der Waals surface area (Å²) in [6, 6.07) is 9.61. The van der Waals surface area contributed by atoms with Crippen LogP contribution in [0.5, 0.6) is 0 Å². The van der Waals surface area contributed by atoms with Crippen LogP contribution in [-0.4, -0.2) is 32.6 Å². The van der Waals surface area contributed by atoms with Crippen molar-refractivity contribution in [1.29, 1.82) is 0 Å². The topological polar surface area (TPSA) is 63.9 Å². The third kappa shape index (κ3) is 3.31. The maximum Gasteiger partial charge on any atom is 0.261 e. The zero-order valence-electron chi connectivity index (χ0n) is 15.0. The molecule has 134 valence electrons. The number of nitrogens with zero attached hydrogens (tertiary/aromatic N) is 5. The first-order chi connectivity index (χ1) is 12.7. The van der Waals surface area contributed by atoms with E-state index in [2.05, 4.69) is 32.8 Å². The van der Waals surface area contributed by atoms with Crippen LogP contribution in [0.1, 0.15) is 25.5 Å². The van der Waals surface area contributed by atoms with E-state index in [0.717, 1.165) is 55.9 Å². The Kier molecular flexibility index (Phi) is 4.65. The van der Waals surface area contributed by atoms with Gasteiger partial charge in [-0.25, -0.2) is 15.0 Å². The second kappa shape index (κ2) is 7.23. The number of anilines is 1. The molecule has 3 heterocycles. The number of fused-ring (bicyclic) bond motifs is 1. The van der Waals surface area contributed by atoms with Gasteiger partial charge in [0, 0.05) is 31.4 Å². The van der Waals surface area contributed by atoms with Gasteiger partial charge < -0.3 is 4.90 Å². The zero-order chi connectivity index (χ0) is 17.9. The van der Waals surface area contributed by atoms with E-state index in [1.807, 2.05) is 24.3 Å². The van der Waals surface area contributed by atoms with Crippen LogP contribution in [0, 0.1) is 5.92 Å². The van der Waals surface area contributed by atoms with Gasteiger partial charge in [-0.05, 0) is 37.3 Å². The second-order valence-corrected chi connectivity index (χ2v) is 6.87. The Hall–Kier alpha value is -2.76. The van der Waals surface area contributed by atoms with Crippen molar-refractivity contribution in [1.82, 2.24) is 19.5 Å². The van der Waals surface area contributed by atoms with Crippen LogP contribution in [0.3, 0.4) is 0 Å². The Morgan fingerprint density at radius 1 is 1.12 bits per heavy atom. The minimum Gasteiger partial charge on any atom is -0.356 e. The lowest BCUT2D eigenvalue weighted by Crippen LogP contribution is -2.37. The molecule has 0 bridgehead atoms. The minimum absolute atomic E-state index is 0.0569. The first kappa shape index (κ1) is 16.7. The highest BCUT2D eigenvalue weighted by atomic mass is 16.1. The summed E-state index contributed by atoms with van der Waals surface area (Å²) in [5.41, 5.74) is 1.89. The van der Waals surface area contributed by atoms with Gasteiger partial charge in [-0.2, -0.15) is 0 Å². The molecule has 0 atom stereocenters. The van der Waals surface area contributed by atoms with E-state index in [9.17, 15) is 4.79 Å². The number of para-hydroxylation sites is 1. The van der Waals surface area contributed by atoms with Crippen molar-refractivity contribution >= 4 is 16.7 Å². The molecule has 1 aromatic carbocycles.